The first-order valence-electron chi connectivity index (χ1n) is 8.45. The fraction of sp³-hybridized carbons (Fsp3) is 0.294. The number of anilines is 1. The Kier molecular flexibility index (Phi) is 5.17. The Balaban J connectivity index is 1.50. The summed E-state index contributed by atoms with van der Waals surface area (Å²) in [4.78, 5) is 16.6. The Morgan fingerprint density at radius 3 is 2.89 bits per heavy atom. The van der Waals surface area contributed by atoms with Gasteiger partial charge in [-0.1, -0.05) is 17.4 Å². The van der Waals surface area contributed by atoms with Crippen LogP contribution in [-0.2, 0) is 14.8 Å². The Hall–Kier alpha value is -1.95. The molecule has 3 aromatic rings. The van der Waals surface area contributed by atoms with Crippen LogP contribution in [0.1, 0.15) is 12.8 Å². The monoisotopic (exact) mass is 443 g/mol. The number of aromatic nitrogens is 1. The smallest absolute Gasteiger partial charge is 0.252 e. The fourth-order valence-electron chi connectivity index (χ4n) is 3.13. The molecule has 148 valence electrons. The summed E-state index contributed by atoms with van der Waals surface area (Å²) < 4.78 is 54.3. The quantitative estimate of drug-likeness (QED) is 0.667. The van der Waals surface area contributed by atoms with Crippen molar-refractivity contribution in [1.82, 2.24) is 9.29 Å². The number of nitrogens with zero attached hydrogens (tertiary/aromatic N) is 2. The maximum Gasteiger partial charge on any atom is 0.252 e. The van der Waals surface area contributed by atoms with Crippen molar-refractivity contribution in [3.63, 3.8) is 0 Å². The number of benzene rings is 1. The number of amides is 1. The van der Waals surface area contributed by atoms with Gasteiger partial charge in [-0.3, -0.25) is 4.79 Å². The molecule has 0 bridgehead atoms. The Labute approximate surface area is 167 Å². The average molecular weight is 444 g/mol. The summed E-state index contributed by atoms with van der Waals surface area (Å²) in [6, 6.07) is 5.10. The zero-order valence-electron chi connectivity index (χ0n) is 14.4. The van der Waals surface area contributed by atoms with E-state index in [0.717, 1.165) is 34.8 Å². The van der Waals surface area contributed by atoms with Crippen LogP contribution < -0.4 is 5.32 Å². The van der Waals surface area contributed by atoms with E-state index in [-0.39, 0.29) is 27.3 Å². The number of fused-ring (bicyclic) bond motifs is 1. The lowest BCUT2D eigenvalue weighted by Crippen LogP contribution is -2.43. The van der Waals surface area contributed by atoms with Crippen LogP contribution in [-0.4, -0.2) is 36.7 Å². The molecule has 28 heavy (non-hydrogen) atoms. The summed E-state index contributed by atoms with van der Waals surface area (Å²) in [7, 11) is -3.62. The number of sulfonamides is 1. The maximum atomic E-state index is 13.8. The zero-order chi connectivity index (χ0) is 19.9. The van der Waals surface area contributed by atoms with Crippen molar-refractivity contribution in [2.45, 2.75) is 17.1 Å². The molecule has 1 aliphatic heterocycles. The average Bonchev–Trinajstić information content (AvgIpc) is 3.32. The lowest BCUT2D eigenvalue weighted by Gasteiger charge is -2.30. The van der Waals surface area contributed by atoms with Gasteiger partial charge in [0.25, 0.3) is 10.0 Å². The molecule has 0 spiro atoms. The van der Waals surface area contributed by atoms with E-state index in [4.69, 9.17) is 0 Å². The highest BCUT2D eigenvalue weighted by molar-refractivity contribution is 7.91. The fourth-order valence-corrected chi connectivity index (χ4v) is 6.71. The third-order valence-corrected chi connectivity index (χ3v) is 8.64. The lowest BCUT2D eigenvalue weighted by atomic mass is 9.99. The van der Waals surface area contributed by atoms with Gasteiger partial charge in [0.1, 0.15) is 15.5 Å². The van der Waals surface area contributed by atoms with E-state index in [0.29, 0.717) is 24.1 Å². The van der Waals surface area contributed by atoms with Crippen LogP contribution in [0.4, 0.5) is 13.9 Å². The van der Waals surface area contributed by atoms with E-state index in [1.165, 1.54) is 4.31 Å². The zero-order valence-corrected chi connectivity index (χ0v) is 16.8. The highest BCUT2D eigenvalue weighted by Crippen LogP contribution is 2.30. The summed E-state index contributed by atoms with van der Waals surface area (Å²) in [5.41, 5.74) is -0.00718. The second-order valence-corrected chi connectivity index (χ2v) is 10.5. The topological polar surface area (TPSA) is 79.4 Å². The Bertz CT molecular complexity index is 1130. The number of nitrogens with one attached hydrogen (secondary N) is 1. The number of carbonyl (C=O) groups is 1. The molecule has 0 aliphatic carbocycles. The van der Waals surface area contributed by atoms with E-state index in [2.05, 4.69) is 10.3 Å². The van der Waals surface area contributed by atoms with Gasteiger partial charge < -0.3 is 5.32 Å². The number of thiazole rings is 1. The molecule has 0 saturated carbocycles. The van der Waals surface area contributed by atoms with Crippen LogP contribution in [0.25, 0.3) is 10.2 Å². The van der Waals surface area contributed by atoms with Crippen molar-refractivity contribution in [3.8, 4) is 0 Å². The number of thiophene rings is 1. The molecule has 4 rings (SSSR count). The molecule has 1 saturated heterocycles. The summed E-state index contributed by atoms with van der Waals surface area (Å²) in [6.45, 7) is 0.426. The van der Waals surface area contributed by atoms with Gasteiger partial charge in [0.2, 0.25) is 5.91 Å². The summed E-state index contributed by atoms with van der Waals surface area (Å²) in [6.07, 6.45) is 1.10. The molecule has 1 unspecified atom stereocenters. The molecule has 11 heteroatoms. The molecule has 1 atom stereocenters. The highest BCUT2D eigenvalue weighted by atomic mass is 32.2. The van der Waals surface area contributed by atoms with Crippen molar-refractivity contribution in [1.29, 1.82) is 0 Å². The van der Waals surface area contributed by atoms with Crippen LogP contribution in [0, 0.1) is 17.6 Å². The standard InChI is InChI=1S/C17H15F2N3O3S3/c18-11-7-12(19)15-13(8-11)27-17(20-15)21-16(23)10-3-1-5-22(9-10)28(24,25)14-4-2-6-26-14/h2,4,6-8,10H,1,3,5,9H2,(H,20,21,23). The number of hydrogen-bond acceptors (Lipinski definition) is 6. The minimum absolute atomic E-state index is 0.00718. The molecular formula is C17H15F2N3O3S3. The highest BCUT2D eigenvalue weighted by Gasteiger charge is 2.34. The molecule has 1 fully saturated rings. The van der Waals surface area contributed by atoms with Gasteiger partial charge in [-0.05, 0) is 30.4 Å². The first kappa shape index (κ1) is 19.4. The number of hydrogen-bond donors (Lipinski definition) is 1. The molecular weight excluding hydrogens is 428 g/mol. The number of rotatable bonds is 4. The van der Waals surface area contributed by atoms with Crippen molar-refractivity contribution in [2.75, 3.05) is 18.4 Å². The normalized spacial score (nSPS) is 18.4. The summed E-state index contributed by atoms with van der Waals surface area (Å²) in [5, 5.41) is 4.46. The van der Waals surface area contributed by atoms with Gasteiger partial charge in [0.05, 0.1) is 10.6 Å². The van der Waals surface area contributed by atoms with Crippen LogP contribution >= 0.6 is 22.7 Å². The van der Waals surface area contributed by atoms with E-state index < -0.39 is 27.6 Å². The number of halogens is 2. The van der Waals surface area contributed by atoms with Crippen LogP contribution in [0.3, 0.4) is 0 Å². The Morgan fingerprint density at radius 2 is 2.14 bits per heavy atom. The van der Waals surface area contributed by atoms with Gasteiger partial charge in [0.15, 0.2) is 10.9 Å². The minimum Gasteiger partial charge on any atom is -0.302 e. The molecule has 1 amide bonds. The predicted molar refractivity (Wildman–Crippen MR) is 104 cm³/mol. The SMILES string of the molecule is O=C(Nc1nc2c(F)cc(F)cc2s1)C1CCCN(S(=O)(=O)c2cccs2)C1. The van der Waals surface area contributed by atoms with Gasteiger partial charge >= 0.3 is 0 Å². The molecule has 2 aromatic heterocycles. The van der Waals surface area contributed by atoms with Crippen molar-refractivity contribution >= 4 is 54.0 Å². The molecule has 3 heterocycles. The molecule has 0 radical (unpaired) electrons. The van der Waals surface area contributed by atoms with Gasteiger partial charge in [-0.15, -0.1) is 11.3 Å². The van der Waals surface area contributed by atoms with E-state index in [1.807, 2.05) is 0 Å². The van der Waals surface area contributed by atoms with E-state index in [9.17, 15) is 22.0 Å². The minimum atomic E-state index is -3.62. The van der Waals surface area contributed by atoms with Crippen LogP contribution in [0.5, 0.6) is 0 Å². The number of piperidine rings is 1. The Morgan fingerprint density at radius 1 is 1.32 bits per heavy atom. The molecule has 1 aliphatic rings. The first-order valence-corrected chi connectivity index (χ1v) is 11.6. The van der Waals surface area contributed by atoms with E-state index >= 15 is 0 Å². The second-order valence-electron chi connectivity index (χ2n) is 6.38. The molecule has 1 aromatic carbocycles. The third-order valence-electron chi connectivity index (χ3n) is 4.49. The van der Waals surface area contributed by atoms with Gasteiger partial charge in [-0.2, -0.15) is 4.31 Å². The summed E-state index contributed by atoms with van der Waals surface area (Å²) in [5.74, 6) is -2.44. The van der Waals surface area contributed by atoms with Crippen molar-refractivity contribution in [3.05, 3.63) is 41.3 Å². The van der Waals surface area contributed by atoms with Gasteiger partial charge in [-0.25, -0.2) is 22.2 Å². The molecule has 6 nitrogen and oxygen atoms in total. The van der Waals surface area contributed by atoms with Crippen molar-refractivity contribution < 1.29 is 22.0 Å². The maximum absolute atomic E-state index is 13.8. The van der Waals surface area contributed by atoms with Crippen LogP contribution in [0.15, 0.2) is 33.9 Å². The third kappa shape index (κ3) is 3.66. The largest absolute Gasteiger partial charge is 0.302 e. The van der Waals surface area contributed by atoms with E-state index in [1.54, 1.807) is 17.5 Å². The molecule has 1 N–H and O–H groups in total. The predicted octanol–water partition coefficient (Wildman–Crippen LogP) is 3.68. The summed E-state index contributed by atoms with van der Waals surface area (Å²) >= 11 is 2.11. The number of carbonyl (C=O) groups excluding carboxylic acids is 1. The van der Waals surface area contributed by atoms with Crippen LogP contribution in [0.2, 0.25) is 0 Å². The van der Waals surface area contributed by atoms with Crippen molar-refractivity contribution in [2.24, 2.45) is 5.92 Å². The second kappa shape index (κ2) is 7.47. The first-order chi connectivity index (χ1) is 13.3. The lowest BCUT2D eigenvalue weighted by molar-refractivity contribution is -0.120. The van der Waals surface area contributed by atoms with Gasteiger partial charge in [0, 0.05) is 19.2 Å².